The van der Waals surface area contributed by atoms with Gasteiger partial charge in [0.25, 0.3) is 0 Å². The number of hydrogen-bond donors (Lipinski definition) is 0. The van der Waals surface area contributed by atoms with E-state index in [9.17, 15) is 0 Å². The van der Waals surface area contributed by atoms with Gasteiger partial charge in [0.15, 0.2) is 0 Å². The van der Waals surface area contributed by atoms with Gasteiger partial charge in [-0.1, -0.05) is 176 Å². The molecule has 0 radical (unpaired) electrons. The Morgan fingerprint density at radius 1 is 0.306 bits per heavy atom. The summed E-state index contributed by atoms with van der Waals surface area (Å²) in [6.45, 7) is 0. The molecule has 0 nitrogen and oxygen atoms in total. The van der Waals surface area contributed by atoms with Crippen LogP contribution in [0, 0.1) is 0 Å². The van der Waals surface area contributed by atoms with E-state index in [1.54, 1.807) is 0 Å². The zero-order chi connectivity index (χ0) is 32.3. The topological polar surface area (TPSA) is 0 Å². The van der Waals surface area contributed by atoms with Crippen molar-refractivity contribution in [2.75, 3.05) is 0 Å². The molecule has 49 heavy (non-hydrogen) atoms. The summed E-state index contributed by atoms with van der Waals surface area (Å²) in [5, 5.41) is 13.1. The maximum absolute atomic E-state index is 2.41. The van der Waals surface area contributed by atoms with Gasteiger partial charge in [-0.05, 0) is 111 Å². The van der Waals surface area contributed by atoms with E-state index >= 15 is 0 Å². The van der Waals surface area contributed by atoms with Crippen molar-refractivity contribution in [3.63, 3.8) is 0 Å². The number of benzene rings is 10. The van der Waals surface area contributed by atoms with Crippen molar-refractivity contribution >= 4 is 53.9 Å². The Kier molecular flexibility index (Phi) is 6.35. The largest absolute Gasteiger partial charge is 0.0622 e. The van der Waals surface area contributed by atoms with Crippen molar-refractivity contribution in [1.82, 2.24) is 0 Å². The second-order valence-corrected chi connectivity index (χ2v) is 13.2. The quantitative estimate of drug-likeness (QED) is 0.133. The smallest absolute Gasteiger partial charge is 0.000728 e. The van der Waals surface area contributed by atoms with E-state index in [0.29, 0.717) is 0 Å². The molecule has 0 heterocycles. The molecule has 0 N–H and O–H groups in total. The van der Waals surface area contributed by atoms with Crippen LogP contribution in [0.25, 0.3) is 87.2 Å². The molecule has 0 aliphatic carbocycles. The van der Waals surface area contributed by atoms with Gasteiger partial charge in [-0.2, -0.15) is 0 Å². The minimum atomic E-state index is 0.856. The van der Waals surface area contributed by atoms with E-state index in [-0.39, 0.29) is 0 Å². The monoisotopic (exact) mass is 620 g/mol. The summed E-state index contributed by atoms with van der Waals surface area (Å²) in [6.07, 6.45) is 0.856. The lowest BCUT2D eigenvalue weighted by molar-refractivity contribution is 1.23. The van der Waals surface area contributed by atoms with Crippen LogP contribution in [-0.2, 0) is 6.42 Å². The van der Waals surface area contributed by atoms with Gasteiger partial charge in [0.1, 0.15) is 0 Å². The predicted molar refractivity (Wildman–Crippen MR) is 211 cm³/mol. The summed E-state index contributed by atoms with van der Waals surface area (Å²) in [6, 6.07) is 67.2. The van der Waals surface area contributed by atoms with Gasteiger partial charge in [-0.15, -0.1) is 0 Å². The molecule has 0 aliphatic heterocycles. The third-order valence-electron chi connectivity index (χ3n) is 10.5. The van der Waals surface area contributed by atoms with Crippen LogP contribution in [0.3, 0.4) is 0 Å². The van der Waals surface area contributed by atoms with E-state index < -0.39 is 0 Å². The highest BCUT2D eigenvalue weighted by molar-refractivity contribution is 6.25. The molecule has 0 saturated carbocycles. The lowest BCUT2D eigenvalue weighted by atomic mass is 9.84. The van der Waals surface area contributed by atoms with Gasteiger partial charge in [0.05, 0.1) is 0 Å². The van der Waals surface area contributed by atoms with Crippen molar-refractivity contribution in [3.8, 4) is 33.4 Å². The molecule has 228 valence electrons. The summed E-state index contributed by atoms with van der Waals surface area (Å²) >= 11 is 0. The molecular weight excluding hydrogens is 589 g/mol. The van der Waals surface area contributed by atoms with E-state index in [1.165, 1.54) is 98.4 Å². The Labute approximate surface area is 285 Å². The zero-order valence-electron chi connectivity index (χ0n) is 27.0. The Bertz CT molecular complexity index is 2770. The van der Waals surface area contributed by atoms with E-state index in [4.69, 9.17) is 0 Å². The first kappa shape index (κ1) is 27.8. The minimum Gasteiger partial charge on any atom is -0.0622 e. The summed E-state index contributed by atoms with van der Waals surface area (Å²) in [4.78, 5) is 0. The highest BCUT2D eigenvalue weighted by Gasteiger charge is 2.18. The Balaban J connectivity index is 1.18. The highest BCUT2D eigenvalue weighted by Crippen LogP contribution is 2.44. The third kappa shape index (κ3) is 4.45. The molecule has 0 aliphatic rings. The molecular formula is C49H32. The van der Waals surface area contributed by atoms with Crippen LogP contribution < -0.4 is 0 Å². The number of rotatable bonds is 5. The first-order valence-corrected chi connectivity index (χ1v) is 17.1. The summed E-state index contributed by atoms with van der Waals surface area (Å²) in [5.74, 6) is 0. The average molecular weight is 621 g/mol. The van der Waals surface area contributed by atoms with Crippen molar-refractivity contribution in [1.29, 1.82) is 0 Å². The van der Waals surface area contributed by atoms with Crippen LogP contribution in [-0.4, -0.2) is 0 Å². The average Bonchev–Trinajstić information content (AvgIpc) is 3.17. The molecule has 0 heteroatoms. The minimum absolute atomic E-state index is 0.856. The lowest BCUT2D eigenvalue weighted by Gasteiger charge is -2.19. The molecule has 0 unspecified atom stereocenters. The first-order valence-electron chi connectivity index (χ1n) is 17.1. The van der Waals surface area contributed by atoms with Crippen LogP contribution in [0.4, 0.5) is 0 Å². The zero-order valence-corrected chi connectivity index (χ0v) is 27.0. The number of hydrogen-bond acceptors (Lipinski definition) is 0. The van der Waals surface area contributed by atoms with Crippen molar-refractivity contribution in [3.05, 3.63) is 193 Å². The molecule has 0 bridgehead atoms. The van der Waals surface area contributed by atoms with Gasteiger partial charge in [0.2, 0.25) is 0 Å². The van der Waals surface area contributed by atoms with Crippen LogP contribution in [0.5, 0.6) is 0 Å². The van der Waals surface area contributed by atoms with E-state index in [1.807, 2.05) is 0 Å². The lowest BCUT2D eigenvalue weighted by Crippen LogP contribution is -1.97. The first-order chi connectivity index (χ1) is 24.3. The maximum Gasteiger partial charge on any atom is -0.000728 e. The van der Waals surface area contributed by atoms with Crippen LogP contribution >= 0.6 is 0 Å². The fourth-order valence-electron chi connectivity index (χ4n) is 8.31. The second-order valence-electron chi connectivity index (χ2n) is 13.2. The van der Waals surface area contributed by atoms with Gasteiger partial charge in [0, 0.05) is 0 Å². The van der Waals surface area contributed by atoms with E-state index in [2.05, 4.69) is 182 Å². The Morgan fingerprint density at radius 2 is 0.857 bits per heavy atom. The fraction of sp³-hybridized carbons (Fsp3) is 0.0204. The van der Waals surface area contributed by atoms with Crippen molar-refractivity contribution in [2.45, 2.75) is 6.42 Å². The Morgan fingerprint density at radius 3 is 1.61 bits per heavy atom. The van der Waals surface area contributed by atoms with Crippen LogP contribution in [0.2, 0.25) is 0 Å². The molecule has 10 aromatic carbocycles. The highest BCUT2D eigenvalue weighted by atomic mass is 14.2. The van der Waals surface area contributed by atoms with Crippen LogP contribution in [0.1, 0.15) is 11.1 Å². The van der Waals surface area contributed by atoms with Crippen molar-refractivity contribution in [2.24, 2.45) is 0 Å². The predicted octanol–water partition coefficient (Wildman–Crippen LogP) is 13.5. The normalized spacial score (nSPS) is 11.8. The summed E-state index contributed by atoms with van der Waals surface area (Å²) in [5.41, 5.74) is 10.3. The molecule has 0 spiro atoms. The van der Waals surface area contributed by atoms with Crippen LogP contribution in [0.15, 0.2) is 182 Å². The standard InChI is InChI=1S/C49H32/c1-2-12-32(13-3-1)39-19-5-4-14-37(39)31-46-41-20-6-8-22-43(41)48(44-23-9-7-21-42(44)46)38-18-11-17-36(30-38)40-28-26-35-25-24-33-15-10-16-34-27-29-45(40)49(35)47(33)34/h1-30H,31H2. The number of fused-ring (bicyclic) bond motifs is 2. The van der Waals surface area contributed by atoms with Gasteiger partial charge >= 0.3 is 0 Å². The molecule has 0 amide bonds. The summed E-state index contributed by atoms with van der Waals surface area (Å²) < 4.78 is 0. The maximum atomic E-state index is 2.41. The van der Waals surface area contributed by atoms with Gasteiger partial charge in [-0.3, -0.25) is 0 Å². The van der Waals surface area contributed by atoms with E-state index in [0.717, 1.165) is 6.42 Å². The molecule has 0 atom stereocenters. The van der Waals surface area contributed by atoms with Gasteiger partial charge in [-0.25, -0.2) is 0 Å². The SMILES string of the molecule is c1ccc(-c2ccccc2Cc2c3ccccc3c(-c3cccc(-c4ccc5ccc6cccc7ccc4c5c67)c3)c3ccccc23)cc1. The third-order valence-corrected chi connectivity index (χ3v) is 10.5. The Hall–Kier alpha value is -6.24. The van der Waals surface area contributed by atoms with Crippen molar-refractivity contribution < 1.29 is 0 Å². The molecule has 10 rings (SSSR count). The van der Waals surface area contributed by atoms with Gasteiger partial charge < -0.3 is 0 Å². The second kappa shape index (κ2) is 11.2. The molecule has 0 fully saturated rings. The fourth-order valence-corrected chi connectivity index (χ4v) is 8.31. The molecule has 10 aromatic rings. The summed E-state index contributed by atoms with van der Waals surface area (Å²) in [7, 11) is 0. The molecule has 0 saturated heterocycles. The molecule has 0 aromatic heterocycles.